The van der Waals surface area contributed by atoms with E-state index in [1.165, 1.54) is 0 Å². The molecular formula is C16H10BO3. The van der Waals surface area contributed by atoms with Crippen molar-refractivity contribution in [1.29, 1.82) is 0 Å². The minimum absolute atomic E-state index is 0.616. The lowest BCUT2D eigenvalue weighted by molar-refractivity contribution is 0.459. The Morgan fingerprint density at radius 2 is 1.65 bits per heavy atom. The van der Waals surface area contributed by atoms with Gasteiger partial charge in [0, 0.05) is 10.8 Å². The summed E-state index contributed by atoms with van der Waals surface area (Å²) >= 11 is 0. The molecule has 0 amide bonds. The molecule has 0 aliphatic heterocycles. The minimum atomic E-state index is 0.616. The van der Waals surface area contributed by atoms with Crippen LogP contribution in [0.25, 0.3) is 32.7 Å². The number of benzene rings is 3. The molecule has 0 aliphatic carbocycles. The van der Waals surface area contributed by atoms with E-state index in [2.05, 4.69) is 0 Å². The van der Waals surface area contributed by atoms with Crippen LogP contribution in [0.3, 0.4) is 0 Å². The second-order valence-corrected chi connectivity index (χ2v) is 4.62. The topological polar surface area (TPSA) is 42.6 Å². The fourth-order valence-electron chi connectivity index (χ4n) is 2.68. The SMILES string of the molecule is O[B]Oc1c2ccccc2cc2oc3ccccc3c12. The zero-order valence-corrected chi connectivity index (χ0v) is 10.5. The Balaban J connectivity index is 2.26. The van der Waals surface area contributed by atoms with Crippen LogP contribution >= 0.6 is 0 Å². The third kappa shape index (κ3) is 1.52. The lowest BCUT2D eigenvalue weighted by atomic mass is 10.0. The number of para-hydroxylation sites is 1. The van der Waals surface area contributed by atoms with E-state index < -0.39 is 0 Å². The highest BCUT2D eigenvalue weighted by atomic mass is 16.5. The van der Waals surface area contributed by atoms with E-state index in [1.807, 2.05) is 54.6 Å². The summed E-state index contributed by atoms with van der Waals surface area (Å²) in [5.41, 5.74) is 1.56. The highest BCUT2D eigenvalue weighted by Crippen LogP contribution is 2.40. The summed E-state index contributed by atoms with van der Waals surface area (Å²) < 4.78 is 11.2. The smallest absolute Gasteiger partial charge is 0.536 e. The zero-order chi connectivity index (χ0) is 13.5. The molecule has 0 bridgehead atoms. The van der Waals surface area contributed by atoms with Gasteiger partial charge in [0.1, 0.15) is 16.9 Å². The molecule has 0 saturated heterocycles. The van der Waals surface area contributed by atoms with E-state index in [4.69, 9.17) is 14.1 Å². The second-order valence-electron chi connectivity index (χ2n) is 4.62. The van der Waals surface area contributed by atoms with Crippen molar-refractivity contribution in [2.75, 3.05) is 0 Å². The summed E-state index contributed by atoms with van der Waals surface area (Å²) in [4.78, 5) is 0. The van der Waals surface area contributed by atoms with E-state index in [0.29, 0.717) is 13.4 Å². The molecule has 4 aromatic rings. The number of rotatable bonds is 2. The molecule has 3 aromatic carbocycles. The van der Waals surface area contributed by atoms with Gasteiger partial charge in [-0.1, -0.05) is 42.5 Å². The summed E-state index contributed by atoms with van der Waals surface area (Å²) in [6, 6.07) is 17.7. The molecule has 20 heavy (non-hydrogen) atoms. The Labute approximate surface area is 115 Å². The molecular weight excluding hydrogens is 251 g/mol. The Kier molecular flexibility index (Phi) is 2.44. The van der Waals surface area contributed by atoms with Gasteiger partial charge in [-0.2, -0.15) is 0 Å². The lowest BCUT2D eigenvalue weighted by Gasteiger charge is -2.08. The molecule has 0 spiro atoms. The van der Waals surface area contributed by atoms with Gasteiger partial charge >= 0.3 is 7.69 Å². The molecule has 0 saturated carbocycles. The van der Waals surface area contributed by atoms with Gasteiger partial charge in [-0.3, -0.25) is 0 Å². The van der Waals surface area contributed by atoms with E-state index in [1.54, 1.807) is 0 Å². The molecule has 1 N–H and O–H groups in total. The maximum Gasteiger partial charge on any atom is 0.569 e. The maximum absolute atomic E-state index is 9.07. The van der Waals surface area contributed by atoms with Gasteiger partial charge in [0.15, 0.2) is 0 Å². The van der Waals surface area contributed by atoms with Crippen molar-refractivity contribution in [3.8, 4) is 5.75 Å². The van der Waals surface area contributed by atoms with Crippen molar-refractivity contribution in [3.05, 3.63) is 54.6 Å². The molecule has 4 rings (SSSR count). The van der Waals surface area contributed by atoms with Crippen LogP contribution < -0.4 is 4.65 Å². The highest BCUT2D eigenvalue weighted by molar-refractivity contribution is 6.22. The van der Waals surface area contributed by atoms with Crippen LogP contribution in [0.5, 0.6) is 5.75 Å². The maximum atomic E-state index is 9.07. The molecule has 0 fully saturated rings. The molecule has 1 aromatic heterocycles. The van der Waals surface area contributed by atoms with E-state index in [-0.39, 0.29) is 0 Å². The van der Waals surface area contributed by atoms with Gasteiger partial charge in [-0.25, -0.2) is 0 Å². The third-order valence-corrected chi connectivity index (χ3v) is 3.51. The van der Waals surface area contributed by atoms with E-state index >= 15 is 0 Å². The monoisotopic (exact) mass is 261 g/mol. The van der Waals surface area contributed by atoms with E-state index in [9.17, 15) is 0 Å². The summed E-state index contributed by atoms with van der Waals surface area (Å²) in [6.45, 7) is 0. The fourth-order valence-corrected chi connectivity index (χ4v) is 2.68. The molecule has 0 aliphatic rings. The average Bonchev–Trinajstić information content (AvgIpc) is 2.85. The molecule has 1 heterocycles. The highest BCUT2D eigenvalue weighted by Gasteiger charge is 2.15. The van der Waals surface area contributed by atoms with Crippen LogP contribution in [0.2, 0.25) is 0 Å². The molecule has 3 nitrogen and oxygen atoms in total. The van der Waals surface area contributed by atoms with Crippen LogP contribution in [0, 0.1) is 0 Å². The predicted octanol–water partition coefficient (Wildman–Crippen LogP) is 3.64. The summed E-state index contributed by atoms with van der Waals surface area (Å²) in [5, 5.41) is 12.9. The minimum Gasteiger partial charge on any atom is -0.536 e. The number of hydrogen-bond donors (Lipinski definition) is 1. The Bertz CT molecular complexity index is 927. The van der Waals surface area contributed by atoms with E-state index in [0.717, 1.165) is 32.7 Å². The van der Waals surface area contributed by atoms with Crippen LogP contribution in [0.15, 0.2) is 59.0 Å². The largest absolute Gasteiger partial charge is 0.569 e. The van der Waals surface area contributed by atoms with Gasteiger partial charge in [-0.05, 0) is 17.5 Å². The molecule has 0 atom stereocenters. The van der Waals surface area contributed by atoms with Crippen LogP contribution in [0.4, 0.5) is 0 Å². The first-order valence-corrected chi connectivity index (χ1v) is 6.34. The molecule has 4 heteroatoms. The van der Waals surface area contributed by atoms with Crippen molar-refractivity contribution in [3.63, 3.8) is 0 Å². The van der Waals surface area contributed by atoms with Crippen molar-refractivity contribution in [2.24, 2.45) is 0 Å². The molecule has 0 unspecified atom stereocenters. The van der Waals surface area contributed by atoms with Crippen molar-refractivity contribution in [2.45, 2.75) is 0 Å². The quantitative estimate of drug-likeness (QED) is 0.560. The summed E-state index contributed by atoms with van der Waals surface area (Å²) in [5.74, 6) is 0.616. The standard InChI is InChI=1S/C16H10BO3/c18-17-20-16-11-6-2-1-5-10(11)9-14-15(16)12-7-3-4-8-13(12)19-14/h1-9,18H. The predicted molar refractivity (Wildman–Crippen MR) is 79.8 cm³/mol. The average molecular weight is 261 g/mol. The van der Waals surface area contributed by atoms with Gasteiger partial charge < -0.3 is 14.1 Å². The van der Waals surface area contributed by atoms with Crippen molar-refractivity contribution in [1.82, 2.24) is 0 Å². The summed E-state index contributed by atoms with van der Waals surface area (Å²) in [6.07, 6.45) is 0. The van der Waals surface area contributed by atoms with Crippen LogP contribution in [0.1, 0.15) is 0 Å². The second kappa shape index (κ2) is 4.29. The lowest BCUT2D eigenvalue weighted by Crippen LogP contribution is -2.00. The van der Waals surface area contributed by atoms with Gasteiger partial charge in [0.25, 0.3) is 0 Å². The Morgan fingerprint density at radius 1 is 0.900 bits per heavy atom. The fraction of sp³-hybridized carbons (Fsp3) is 0. The molecule has 1 radical (unpaired) electrons. The Morgan fingerprint density at radius 3 is 2.50 bits per heavy atom. The first-order valence-electron chi connectivity index (χ1n) is 6.34. The summed E-state index contributed by atoms with van der Waals surface area (Å²) in [7, 11) is 0.711. The first-order chi connectivity index (χ1) is 9.88. The van der Waals surface area contributed by atoms with Crippen LogP contribution in [-0.4, -0.2) is 12.7 Å². The van der Waals surface area contributed by atoms with Gasteiger partial charge in [0.2, 0.25) is 0 Å². The van der Waals surface area contributed by atoms with Gasteiger partial charge in [-0.15, -0.1) is 0 Å². The first kappa shape index (κ1) is 11.4. The van der Waals surface area contributed by atoms with Crippen LogP contribution in [-0.2, 0) is 0 Å². The van der Waals surface area contributed by atoms with Crippen molar-refractivity contribution >= 4 is 40.4 Å². The molecule has 95 valence electrons. The third-order valence-electron chi connectivity index (χ3n) is 3.51. The van der Waals surface area contributed by atoms with Gasteiger partial charge in [0.05, 0.1) is 5.39 Å². The van der Waals surface area contributed by atoms with Crippen molar-refractivity contribution < 1.29 is 14.1 Å². The number of furan rings is 1. The number of hydrogen-bond acceptors (Lipinski definition) is 3. The Hall–Kier alpha value is -2.46. The zero-order valence-electron chi connectivity index (χ0n) is 10.5. The normalized spacial score (nSPS) is 11.2. The number of fused-ring (bicyclic) bond motifs is 4.